The lowest BCUT2D eigenvalue weighted by molar-refractivity contribution is -0.150. The number of carbonyl (C=O) groups is 2. The average molecular weight is 372 g/mol. The second-order valence-corrected chi connectivity index (χ2v) is 7.83. The van der Waals surface area contributed by atoms with Gasteiger partial charge in [0.15, 0.2) is 6.61 Å². The van der Waals surface area contributed by atoms with E-state index in [9.17, 15) is 9.59 Å². The quantitative estimate of drug-likeness (QED) is 0.594. The van der Waals surface area contributed by atoms with E-state index in [4.69, 9.17) is 4.74 Å². The minimum Gasteiger partial charge on any atom is -0.455 e. The summed E-state index contributed by atoms with van der Waals surface area (Å²) in [5, 5.41) is 1.90. The van der Waals surface area contributed by atoms with Crippen molar-refractivity contribution in [3.63, 3.8) is 0 Å². The number of nitrogens with zero attached hydrogens (tertiary/aromatic N) is 2. The normalized spacial score (nSPS) is 17.3. The molecule has 0 unspecified atom stereocenters. The molecular formula is C20H24N2O3S. The molecular weight excluding hydrogens is 348 g/mol. The van der Waals surface area contributed by atoms with Crippen molar-refractivity contribution >= 4 is 34.5 Å². The number of benzene rings is 1. The predicted octanol–water partition coefficient (Wildman–Crippen LogP) is 3.44. The summed E-state index contributed by atoms with van der Waals surface area (Å²) in [6.45, 7) is 5.52. The van der Waals surface area contributed by atoms with Gasteiger partial charge in [0.1, 0.15) is 0 Å². The zero-order chi connectivity index (χ0) is 18.5. The number of hydrogen-bond donors (Lipinski definition) is 0. The molecule has 0 aliphatic carbocycles. The number of piperidine rings is 1. The van der Waals surface area contributed by atoms with Crippen LogP contribution in [0.3, 0.4) is 0 Å². The maximum absolute atomic E-state index is 12.1. The lowest BCUT2D eigenvalue weighted by Crippen LogP contribution is -2.41. The van der Waals surface area contributed by atoms with Crippen LogP contribution in [-0.4, -0.2) is 47.2 Å². The van der Waals surface area contributed by atoms with E-state index in [1.165, 1.54) is 11.8 Å². The van der Waals surface area contributed by atoms with Crippen molar-refractivity contribution in [2.75, 3.05) is 25.4 Å². The first-order valence-corrected chi connectivity index (χ1v) is 9.94. The van der Waals surface area contributed by atoms with E-state index in [0.717, 1.165) is 47.4 Å². The second-order valence-electron chi connectivity index (χ2n) is 6.83. The molecule has 3 rings (SSSR count). The molecule has 1 aromatic heterocycles. The first-order valence-electron chi connectivity index (χ1n) is 8.95. The van der Waals surface area contributed by atoms with Gasteiger partial charge >= 0.3 is 5.97 Å². The molecule has 1 aliphatic heterocycles. The van der Waals surface area contributed by atoms with Gasteiger partial charge in [-0.2, -0.15) is 0 Å². The molecule has 2 aromatic rings. The Morgan fingerprint density at radius 3 is 2.96 bits per heavy atom. The number of amides is 1. The first-order chi connectivity index (χ1) is 12.5. The van der Waals surface area contributed by atoms with Crippen molar-refractivity contribution in [3.8, 4) is 0 Å². The Morgan fingerprint density at radius 1 is 1.35 bits per heavy atom. The largest absolute Gasteiger partial charge is 0.455 e. The first kappa shape index (κ1) is 18.7. The highest BCUT2D eigenvalue weighted by molar-refractivity contribution is 7.99. The molecule has 1 fully saturated rings. The third-order valence-electron chi connectivity index (χ3n) is 4.60. The highest BCUT2D eigenvalue weighted by atomic mass is 32.2. The van der Waals surface area contributed by atoms with Gasteiger partial charge in [-0.25, -0.2) is 4.98 Å². The van der Waals surface area contributed by atoms with Crippen LogP contribution in [0.2, 0.25) is 0 Å². The van der Waals surface area contributed by atoms with Crippen LogP contribution < -0.4 is 0 Å². The molecule has 0 bridgehead atoms. The number of hydrogen-bond acceptors (Lipinski definition) is 5. The van der Waals surface area contributed by atoms with E-state index in [0.29, 0.717) is 5.92 Å². The van der Waals surface area contributed by atoms with Crippen LogP contribution >= 0.6 is 11.8 Å². The van der Waals surface area contributed by atoms with Crippen LogP contribution in [0.5, 0.6) is 0 Å². The van der Waals surface area contributed by atoms with Crippen molar-refractivity contribution in [2.24, 2.45) is 5.92 Å². The fraction of sp³-hybridized carbons (Fsp3) is 0.450. The van der Waals surface area contributed by atoms with E-state index in [1.807, 2.05) is 37.3 Å². The number of ether oxygens (including phenoxy) is 1. The number of aryl methyl sites for hydroxylation is 1. The minimum absolute atomic E-state index is 0.102. The van der Waals surface area contributed by atoms with Gasteiger partial charge in [-0.05, 0) is 43.4 Å². The van der Waals surface area contributed by atoms with Crippen LogP contribution in [-0.2, 0) is 14.3 Å². The molecule has 0 N–H and O–H groups in total. The van der Waals surface area contributed by atoms with Crippen LogP contribution in [0, 0.1) is 12.8 Å². The Labute approximate surface area is 158 Å². The van der Waals surface area contributed by atoms with Gasteiger partial charge in [0, 0.05) is 18.5 Å². The van der Waals surface area contributed by atoms with Gasteiger partial charge in [-0.3, -0.25) is 9.59 Å². The van der Waals surface area contributed by atoms with E-state index in [2.05, 4.69) is 11.9 Å². The number of likely N-dealkylation sites (tertiary alicyclic amines) is 1. The fourth-order valence-corrected chi connectivity index (χ4v) is 3.99. The Balaban J connectivity index is 1.49. The smallest absolute Gasteiger partial charge is 0.316 e. The van der Waals surface area contributed by atoms with Crippen molar-refractivity contribution in [2.45, 2.75) is 31.7 Å². The maximum atomic E-state index is 12.1. The number of thioether (sulfide) groups is 1. The summed E-state index contributed by atoms with van der Waals surface area (Å²) in [6, 6.07) is 9.91. The van der Waals surface area contributed by atoms with Gasteiger partial charge < -0.3 is 9.64 Å². The van der Waals surface area contributed by atoms with E-state index in [-0.39, 0.29) is 24.2 Å². The van der Waals surface area contributed by atoms with Crippen molar-refractivity contribution < 1.29 is 14.3 Å². The molecule has 1 atom stereocenters. The van der Waals surface area contributed by atoms with Gasteiger partial charge in [0.25, 0.3) is 5.91 Å². The van der Waals surface area contributed by atoms with Crippen molar-refractivity contribution in [1.29, 1.82) is 0 Å². The van der Waals surface area contributed by atoms with Crippen LogP contribution in [0.25, 0.3) is 10.9 Å². The Kier molecular flexibility index (Phi) is 6.14. The standard InChI is InChI=1S/C20H24N2O3S/c1-14-6-5-9-22(11-14)19(23)12-25-20(24)13-26-18-10-15(2)16-7-3-4-8-17(16)21-18/h3-4,7-8,10,14H,5-6,9,11-13H2,1-2H3/t14-/m0/s1. The number of rotatable bonds is 5. The van der Waals surface area contributed by atoms with E-state index >= 15 is 0 Å². The highest BCUT2D eigenvalue weighted by Gasteiger charge is 2.21. The zero-order valence-electron chi connectivity index (χ0n) is 15.2. The van der Waals surface area contributed by atoms with Crippen LogP contribution in [0.4, 0.5) is 0 Å². The number of fused-ring (bicyclic) bond motifs is 1. The van der Waals surface area contributed by atoms with Gasteiger partial charge in [-0.15, -0.1) is 0 Å². The molecule has 0 spiro atoms. The number of pyridine rings is 1. The molecule has 0 saturated carbocycles. The van der Waals surface area contributed by atoms with E-state index < -0.39 is 0 Å². The molecule has 26 heavy (non-hydrogen) atoms. The predicted molar refractivity (Wildman–Crippen MR) is 103 cm³/mol. The summed E-state index contributed by atoms with van der Waals surface area (Å²) in [5.74, 6) is 0.172. The molecule has 6 heteroatoms. The van der Waals surface area contributed by atoms with E-state index in [1.54, 1.807) is 4.90 Å². The van der Waals surface area contributed by atoms with Gasteiger partial charge in [0.05, 0.1) is 16.3 Å². The molecule has 1 aliphatic rings. The molecule has 1 aromatic carbocycles. The molecule has 138 valence electrons. The number of para-hydroxylation sites is 1. The highest BCUT2D eigenvalue weighted by Crippen LogP contribution is 2.23. The number of aromatic nitrogens is 1. The monoisotopic (exact) mass is 372 g/mol. The second kappa shape index (κ2) is 8.54. The Morgan fingerprint density at radius 2 is 2.15 bits per heavy atom. The molecule has 1 amide bonds. The summed E-state index contributed by atoms with van der Waals surface area (Å²) in [7, 11) is 0. The molecule has 1 saturated heterocycles. The number of carbonyl (C=O) groups excluding carboxylic acids is 2. The summed E-state index contributed by atoms with van der Waals surface area (Å²) < 4.78 is 5.15. The maximum Gasteiger partial charge on any atom is 0.316 e. The number of esters is 1. The summed E-state index contributed by atoms with van der Waals surface area (Å²) in [4.78, 5) is 30.5. The topological polar surface area (TPSA) is 59.5 Å². The summed E-state index contributed by atoms with van der Waals surface area (Å²) in [5.41, 5.74) is 2.04. The minimum atomic E-state index is -0.388. The Hall–Kier alpha value is -2.08. The Bertz CT molecular complexity index is 809. The van der Waals surface area contributed by atoms with Gasteiger partial charge in [0.2, 0.25) is 0 Å². The molecule has 2 heterocycles. The zero-order valence-corrected chi connectivity index (χ0v) is 16.1. The third kappa shape index (κ3) is 4.75. The molecule has 0 radical (unpaired) electrons. The van der Waals surface area contributed by atoms with Crippen LogP contribution in [0.15, 0.2) is 35.4 Å². The SMILES string of the molecule is Cc1cc(SCC(=O)OCC(=O)N2CCC[C@H](C)C2)nc2ccccc12. The third-order valence-corrected chi connectivity index (χ3v) is 5.49. The van der Waals surface area contributed by atoms with Crippen molar-refractivity contribution in [3.05, 3.63) is 35.9 Å². The fourth-order valence-electron chi connectivity index (χ4n) is 3.22. The van der Waals surface area contributed by atoms with Crippen LogP contribution in [0.1, 0.15) is 25.3 Å². The average Bonchev–Trinajstić information content (AvgIpc) is 2.64. The van der Waals surface area contributed by atoms with Gasteiger partial charge in [-0.1, -0.05) is 36.9 Å². The molecule has 5 nitrogen and oxygen atoms in total. The lowest BCUT2D eigenvalue weighted by Gasteiger charge is -2.30. The lowest BCUT2D eigenvalue weighted by atomic mass is 10.0. The van der Waals surface area contributed by atoms with Crippen molar-refractivity contribution in [1.82, 2.24) is 9.88 Å². The summed E-state index contributed by atoms with van der Waals surface area (Å²) in [6.07, 6.45) is 2.17. The summed E-state index contributed by atoms with van der Waals surface area (Å²) >= 11 is 1.33.